The summed E-state index contributed by atoms with van der Waals surface area (Å²) in [5, 5.41) is 13.8. The van der Waals surface area contributed by atoms with E-state index in [-0.39, 0.29) is 0 Å². The maximum atomic E-state index is 8.68. The summed E-state index contributed by atoms with van der Waals surface area (Å²) in [6, 6.07) is 9.40. The predicted molar refractivity (Wildman–Crippen MR) is 76.1 cm³/mol. The molecule has 1 N–H and O–H groups in total. The van der Waals surface area contributed by atoms with Crippen molar-refractivity contribution in [2.24, 2.45) is 0 Å². The van der Waals surface area contributed by atoms with Crippen molar-refractivity contribution in [1.82, 2.24) is 9.97 Å². The van der Waals surface area contributed by atoms with Crippen LogP contribution in [0.2, 0.25) is 0 Å². The Morgan fingerprint density at radius 3 is 3.00 bits per heavy atom. The molecule has 0 amide bonds. The van der Waals surface area contributed by atoms with Gasteiger partial charge >= 0.3 is 0 Å². The van der Waals surface area contributed by atoms with E-state index in [1.54, 1.807) is 29.9 Å². The topological polar surface area (TPSA) is 74.7 Å². The maximum absolute atomic E-state index is 8.68. The molecule has 6 heteroatoms. The van der Waals surface area contributed by atoms with E-state index in [1.807, 2.05) is 29.6 Å². The quantitative estimate of drug-likeness (QED) is 0.794. The molecule has 3 rings (SSSR count). The molecule has 20 heavy (non-hydrogen) atoms. The summed E-state index contributed by atoms with van der Waals surface area (Å²) in [7, 11) is 0. The first kappa shape index (κ1) is 12.4. The van der Waals surface area contributed by atoms with Gasteiger partial charge < -0.3 is 9.73 Å². The fourth-order valence-corrected chi connectivity index (χ4v) is 2.31. The Morgan fingerprint density at radius 1 is 1.35 bits per heavy atom. The van der Waals surface area contributed by atoms with Crippen molar-refractivity contribution in [2.45, 2.75) is 6.54 Å². The van der Waals surface area contributed by atoms with Crippen molar-refractivity contribution in [1.29, 1.82) is 5.26 Å². The number of thiophene rings is 1. The molecule has 0 aliphatic rings. The van der Waals surface area contributed by atoms with Crippen LogP contribution >= 0.6 is 11.3 Å². The van der Waals surface area contributed by atoms with E-state index in [9.17, 15) is 0 Å². The Balaban J connectivity index is 1.65. The second-order valence-electron chi connectivity index (χ2n) is 4.02. The Kier molecular flexibility index (Phi) is 3.44. The number of hydrogen-bond acceptors (Lipinski definition) is 6. The Hall–Kier alpha value is -2.65. The minimum atomic E-state index is 0.400. The molecule has 98 valence electrons. The van der Waals surface area contributed by atoms with Crippen molar-refractivity contribution in [3.8, 4) is 16.8 Å². The summed E-state index contributed by atoms with van der Waals surface area (Å²) >= 11 is 1.59. The van der Waals surface area contributed by atoms with Crippen molar-refractivity contribution in [3.05, 3.63) is 53.5 Å². The van der Waals surface area contributed by atoms with Crippen molar-refractivity contribution in [2.75, 3.05) is 5.32 Å². The van der Waals surface area contributed by atoms with Gasteiger partial charge in [-0.3, -0.25) is 0 Å². The number of oxazole rings is 1. The number of aromatic nitrogens is 2. The number of nitriles is 1. The zero-order valence-electron chi connectivity index (χ0n) is 10.4. The first-order chi connectivity index (χ1) is 9.85. The van der Waals surface area contributed by atoms with E-state index in [1.165, 1.54) is 0 Å². The molecule has 3 heterocycles. The van der Waals surface area contributed by atoms with Gasteiger partial charge in [-0.2, -0.15) is 5.26 Å². The third-order valence-electron chi connectivity index (χ3n) is 2.64. The highest BCUT2D eigenvalue weighted by Gasteiger charge is 2.07. The first-order valence-corrected chi connectivity index (χ1v) is 6.81. The summed E-state index contributed by atoms with van der Waals surface area (Å²) in [4.78, 5) is 9.41. The molecule has 5 nitrogen and oxygen atoms in total. The van der Waals surface area contributed by atoms with Crippen molar-refractivity contribution in [3.63, 3.8) is 0 Å². The van der Waals surface area contributed by atoms with Crippen molar-refractivity contribution < 1.29 is 4.42 Å². The predicted octanol–water partition coefficient (Wildman–Crippen LogP) is 3.28. The van der Waals surface area contributed by atoms with Crippen molar-refractivity contribution >= 4 is 17.0 Å². The molecule has 0 radical (unpaired) electrons. The molecule has 0 aliphatic carbocycles. The molecule has 0 saturated carbocycles. The number of hydrogen-bond donors (Lipinski definition) is 1. The van der Waals surface area contributed by atoms with Gasteiger partial charge in [-0.1, -0.05) is 6.07 Å². The molecule has 0 saturated heterocycles. The van der Waals surface area contributed by atoms with Crippen LogP contribution in [0, 0.1) is 11.3 Å². The fraction of sp³-hybridized carbons (Fsp3) is 0.0714. The minimum Gasteiger partial charge on any atom is -0.443 e. The highest BCUT2D eigenvalue weighted by Crippen LogP contribution is 2.23. The lowest BCUT2D eigenvalue weighted by Gasteiger charge is -2.02. The smallest absolute Gasteiger partial charge is 0.236 e. The van der Waals surface area contributed by atoms with E-state index in [4.69, 9.17) is 9.68 Å². The second-order valence-corrected chi connectivity index (χ2v) is 4.97. The van der Waals surface area contributed by atoms with Crippen LogP contribution in [0.25, 0.3) is 10.8 Å². The number of anilines is 1. The third kappa shape index (κ3) is 2.68. The first-order valence-electron chi connectivity index (χ1n) is 5.93. The molecule has 0 spiro atoms. The zero-order chi connectivity index (χ0) is 13.8. The summed E-state index contributed by atoms with van der Waals surface area (Å²) < 4.78 is 5.43. The van der Waals surface area contributed by atoms with Gasteiger partial charge in [0.1, 0.15) is 18.0 Å². The molecule has 0 unspecified atom stereocenters. The normalized spacial score (nSPS) is 10.2. The summed E-state index contributed by atoms with van der Waals surface area (Å²) in [5.41, 5.74) is 2.06. The lowest BCUT2D eigenvalue weighted by molar-refractivity contribution is 0.574. The average Bonchev–Trinajstić information content (AvgIpc) is 3.16. The Labute approximate surface area is 119 Å². The molecular weight excluding hydrogens is 272 g/mol. The number of nitrogens with one attached hydrogen (secondary N) is 1. The van der Waals surface area contributed by atoms with Gasteiger partial charge in [0.15, 0.2) is 0 Å². The van der Waals surface area contributed by atoms with E-state index >= 15 is 0 Å². The van der Waals surface area contributed by atoms with Gasteiger partial charge in [-0.25, -0.2) is 9.97 Å². The largest absolute Gasteiger partial charge is 0.443 e. The molecule has 3 aromatic rings. The summed E-state index contributed by atoms with van der Waals surface area (Å²) in [6.45, 7) is 0.544. The van der Waals surface area contributed by atoms with Crippen LogP contribution in [0.5, 0.6) is 0 Å². The maximum Gasteiger partial charge on any atom is 0.236 e. The highest BCUT2D eigenvalue weighted by atomic mass is 32.1. The van der Waals surface area contributed by atoms with Gasteiger partial charge in [0.25, 0.3) is 0 Å². The van der Waals surface area contributed by atoms with Gasteiger partial charge in [0, 0.05) is 0 Å². The van der Waals surface area contributed by atoms with Crippen LogP contribution < -0.4 is 5.32 Å². The van der Waals surface area contributed by atoms with Crippen LogP contribution in [0.15, 0.2) is 46.5 Å². The number of rotatable bonds is 4. The fourth-order valence-electron chi connectivity index (χ4n) is 1.66. The highest BCUT2D eigenvalue weighted by molar-refractivity contribution is 7.13. The summed E-state index contributed by atoms with van der Waals surface area (Å²) in [5.74, 6) is 0.634. The van der Waals surface area contributed by atoms with Crippen LogP contribution in [-0.2, 0) is 6.54 Å². The Bertz CT molecular complexity index is 725. The molecule has 0 aliphatic heterocycles. The number of nitrogens with zero attached hydrogens (tertiary/aromatic N) is 3. The van der Waals surface area contributed by atoms with E-state index < -0.39 is 0 Å². The van der Waals surface area contributed by atoms with Crippen LogP contribution in [0.1, 0.15) is 11.4 Å². The molecule has 0 bridgehead atoms. The van der Waals surface area contributed by atoms with Gasteiger partial charge in [-0.05, 0) is 23.6 Å². The van der Waals surface area contributed by atoms with Crippen LogP contribution in [-0.4, -0.2) is 9.97 Å². The lowest BCUT2D eigenvalue weighted by atomic mass is 10.3. The van der Waals surface area contributed by atoms with E-state index in [0.29, 0.717) is 18.1 Å². The second kappa shape index (κ2) is 5.55. The van der Waals surface area contributed by atoms with E-state index in [0.717, 1.165) is 16.3 Å². The summed E-state index contributed by atoms with van der Waals surface area (Å²) in [6.07, 6.45) is 3.26. The molecular formula is C14H10N4OS. The number of pyridine rings is 1. The molecule has 0 fully saturated rings. The third-order valence-corrected chi connectivity index (χ3v) is 3.49. The lowest BCUT2D eigenvalue weighted by Crippen LogP contribution is -2.00. The standard InChI is InChI=1S/C14H10N4OS/c15-6-10-3-4-11(7-16-10)17-8-12-9-19-14(18-12)13-2-1-5-20-13/h1-5,7,9,17H,8H2. The monoisotopic (exact) mass is 282 g/mol. The van der Waals surface area contributed by atoms with Crippen LogP contribution in [0.3, 0.4) is 0 Å². The van der Waals surface area contributed by atoms with E-state index in [2.05, 4.69) is 15.3 Å². The zero-order valence-corrected chi connectivity index (χ0v) is 11.2. The molecule has 0 aromatic carbocycles. The molecule has 3 aromatic heterocycles. The van der Waals surface area contributed by atoms with Crippen LogP contribution in [0.4, 0.5) is 5.69 Å². The SMILES string of the molecule is N#Cc1ccc(NCc2coc(-c3cccs3)n2)cn1. The minimum absolute atomic E-state index is 0.400. The van der Waals surface area contributed by atoms with Gasteiger partial charge in [0.2, 0.25) is 5.89 Å². The molecule has 0 atom stereocenters. The van der Waals surface area contributed by atoms with Gasteiger partial charge in [-0.15, -0.1) is 11.3 Å². The Morgan fingerprint density at radius 2 is 2.30 bits per heavy atom. The van der Waals surface area contributed by atoms with Gasteiger partial charge in [0.05, 0.1) is 29.0 Å². The average molecular weight is 282 g/mol.